The summed E-state index contributed by atoms with van der Waals surface area (Å²) in [4.78, 5) is 11.2. The molecule has 0 aliphatic rings. The smallest absolute Gasteiger partial charge is 0.344 e. The molecule has 0 aliphatic heterocycles. The van der Waals surface area contributed by atoms with E-state index in [0.717, 1.165) is 0 Å². The van der Waals surface area contributed by atoms with Gasteiger partial charge in [0, 0.05) is 6.07 Å². The first kappa shape index (κ1) is 15.8. The standard InChI is InChI=1S/C13H14N2O6S/c1-7-12(8(2)20-15-7)22(17,18)21-11-6-9(19-3)4-5-10(11)13(14)16/h4-6H,1-3H3,(H2,14,16). The maximum Gasteiger partial charge on any atom is 0.344 e. The van der Waals surface area contributed by atoms with Gasteiger partial charge in [-0.1, -0.05) is 5.16 Å². The van der Waals surface area contributed by atoms with Gasteiger partial charge < -0.3 is 19.2 Å². The molecule has 0 aliphatic carbocycles. The molecule has 1 aromatic heterocycles. The van der Waals surface area contributed by atoms with E-state index in [0.29, 0.717) is 5.75 Å². The van der Waals surface area contributed by atoms with Crippen LogP contribution in [0.15, 0.2) is 27.6 Å². The number of hydrogen-bond donors (Lipinski definition) is 1. The van der Waals surface area contributed by atoms with Gasteiger partial charge in [-0.05, 0) is 26.0 Å². The molecule has 0 bridgehead atoms. The second-order valence-electron chi connectivity index (χ2n) is 4.42. The van der Waals surface area contributed by atoms with E-state index in [-0.39, 0.29) is 27.7 Å². The van der Waals surface area contributed by atoms with Gasteiger partial charge in [0.25, 0.3) is 5.91 Å². The predicted octanol–water partition coefficient (Wildman–Crippen LogP) is 1.17. The number of amides is 1. The number of primary amides is 1. The van der Waals surface area contributed by atoms with Crippen LogP contribution in [0.25, 0.3) is 0 Å². The number of aryl methyl sites for hydroxylation is 2. The summed E-state index contributed by atoms with van der Waals surface area (Å²) < 4.78 is 39.6. The van der Waals surface area contributed by atoms with Crippen LogP contribution in [0.4, 0.5) is 0 Å². The quantitative estimate of drug-likeness (QED) is 0.818. The maximum atomic E-state index is 12.4. The summed E-state index contributed by atoms with van der Waals surface area (Å²) in [5.74, 6) is -0.659. The van der Waals surface area contributed by atoms with Crippen LogP contribution in [-0.2, 0) is 10.1 Å². The number of carbonyl (C=O) groups excluding carboxylic acids is 1. The summed E-state index contributed by atoms with van der Waals surface area (Å²) in [5, 5.41) is 3.56. The van der Waals surface area contributed by atoms with E-state index in [1.807, 2.05) is 0 Å². The average molecular weight is 326 g/mol. The highest BCUT2D eigenvalue weighted by molar-refractivity contribution is 7.87. The van der Waals surface area contributed by atoms with Gasteiger partial charge >= 0.3 is 10.1 Å². The third kappa shape index (κ3) is 2.89. The number of benzene rings is 1. The van der Waals surface area contributed by atoms with Crippen LogP contribution in [0.1, 0.15) is 21.8 Å². The highest BCUT2D eigenvalue weighted by Crippen LogP contribution is 2.29. The zero-order chi connectivity index (χ0) is 16.5. The second kappa shape index (κ2) is 5.68. The van der Waals surface area contributed by atoms with Gasteiger partial charge in [-0.25, -0.2) is 0 Å². The van der Waals surface area contributed by atoms with Gasteiger partial charge in [-0.3, -0.25) is 4.79 Å². The normalized spacial score (nSPS) is 11.2. The van der Waals surface area contributed by atoms with Gasteiger partial charge in [-0.2, -0.15) is 8.42 Å². The van der Waals surface area contributed by atoms with Crippen LogP contribution in [-0.4, -0.2) is 26.6 Å². The van der Waals surface area contributed by atoms with Gasteiger partial charge in [0.15, 0.2) is 16.4 Å². The van der Waals surface area contributed by atoms with Crippen LogP contribution in [0, 0.1) is 13.8 Å². The van der Waals surface area contributed by atoms with E-state index in [1.54, 1.807) is 0 Å². The van der Waals surface area contributed by atoms with E-state index < -0.39 is 16.0 Å². The third-order valence-electron chi connectivity index (χ3n) is 2.87. The molecule has 1 aromatic carbocycles. The van der Waals surface area contributed by atoms with Crippen molar-refractivity contribution < 1.29 is 26.7 Å². The lowest BCUT2D eigenvalue weighted by molar-refractivity contribution is 0.0999. The first-order valence-electron chi connectivity index (χ1n) is 6.11. The number of hydrogen-bond acceptors (Lipinski definition) is 7. The van der Waals surface area contributed by atoms with E-state index in [1.165, 1.54) is 39.2 Å². The fourth-order valence-corrected chi connectivity index (χ4v) is 3.14. The first-order valence-corrected chi connectivity index (χ1v) is 7.52. The van der Waals surface area contributed by atoms with Crippen molar-refractivity contribution in [3.05, 3.63) is 35.2 Å². The lowest BCUT2D eigenvalue weighted by atomic mass is 10.2. The number of rotatable bonds is 5. The van der Waals surface area contributed by atoms with E-state index in [9.17, 15) is 13.2 Å². The van der Waals surface area contributed by atoms with Crippen LogP contribution >= 0.6 is 0 Å². The minimum Gasteiger partial charge on any atom is -0.497 e. The summed E-state index contributed by atoms with van der Waals surface area (Å²) in [5.41, 5.74) is 5.28. The minimum atomic E-state index is -4.23. The van der Waals surface area contributed by atoms with Gasteiger partial charge in [-0.15, -0.1) is 0 Å². The Morgan fingerprint density at radius 2 is 2.00 bits per heavy atom. The molecular weight excluding hydrogens is 312 g/mol. The Hall–Kier alpha value is -2.55. The van der Waals surface area contributed by atoms with Crippen molar-refractivity contribution in [2.24, 2.45) is 5.73 Å². The Bertz CT molecular complexity index is 806. The Morgan fingerprint density at radius 1 is 1.32 bits per heavy atom. The molecule has 118 valence electrons. The molecule has 8 nitrogen and oxygen atoms in total. The number of carbonyl (C=O) groups is 1. The summed E-state index contributed by atoms with van der Waals surface area (Å²) in [6, 6.07) is 4.05. The molecule has 22 heavy (non-hydrogen) atoms. The van der Waals surface area contributed by atoms with Gasteiger partial charge in [0.2, 0.25) is 0 Å². The monoisotopic (exact) mass is 326 g/mol. The second-order valence-corrected chi connectivity index (χ2v) is 5.90. The molecule has 0 radical (unpaired) electrons. The van der Waals surface area contributed by atoms with Crippen molar-refractivity contribution in [3.8, 4) is 11.5 Å². The van der Waals surface area contributed by atoms with Crippen LogP contribution < -0.4 is 14.7 Å². The number of nitrogens with two attached hydrogens (primary N) is 1. The molecule has 0 saturated carbocycles. The Balaban J connectivity index is 2.52. The SMILES string of the molecule is COc1ccc(C(N)=O)c(OS(=O)(=O)c2c(C)noc2C)c1. The predicted molar refractivity (Wildman–Crippen MR) is 75.3 cm³/mol. The summed E-state index contributed by atoms with van der Waals surface area (Å²) in [6.07, 6.45) is 0. The van der Waals surface area contributed by atoms with Crippen molar-refractivity contribution in [2.45, 2.75) is 18.7 Å². The summed E-state index contributed by atoms with van der Waals surface area (Å²) >= 11 is 0. The molecule has 9 heteroatoms. The van der Waals surface area contributed by atoms with Gasteiger partial charge in [0.05, 0.1) is 12.7 Å². The Labute approximate surface area is 126 Å². The highest BCUT2D eigenvalue weighted by Gasteiger charge is 2.28. The summed E-state index contributed by atoms with van der Waals surface area (Å²) in [7, 11) is -2.84. The topological polar surface area (TPSA) is 122 Å². The zero-order valence-electron chi connectivity index (χ0n) is 12.1. The molecule has 1 amide bonds. The highest BCUT2D eigenvalue weighted by atomic mass is 32.2. The number of methoxy groups -OCH3 is 1. The maximum absolute atomic E-state index is 12.4. The molecule has 0 saturated heterocycles. The van der Waals surface area contributed by atoms with E-state index in [2.05, 4.69) is 5.16 Å². The molecule has 0 atom stereocenters. The zero-order valence-corrected chi connectivity index (χ0v) is 12.9. The molecular formula is C13H14N2O6S. The molecule has 2 rings (SSSR count). The van der Waals surface area contributed by atoms with Crippen molar-refractivity contribution in [3.63, 3.8) is 0 Å². The van der Waals surface area contributed by atoms with Gasteiger partial charge in [0.1, 0.15) is 11.4 Å². The lowest BCUT2D eigenvalue weighted by Crippen LogP contribution is -2.17. The first-order chi connectivity index (χ1) is 10.3. The van der Waals surface area contributed by atoms with Crippen molar-refractivity contribution >= 4 is 16.0 Å². The van der Waals surface area contributed by atoms with Crippen molar-refractivity contribution in [1.82, 2.24) is 5.16 Å². The van der Waals surface area contributed by atoms with Crippen molar-refractivity contribution in [2.75, 3.05) is 7.11 Å². The van der Waals surface area contributed by atoms with Crippen LogP contribution in [0.5, 0.6) is 11.5 Å². The fourth-order valence-electron chi connectivity index (χ4n) is 1.89. The average Bonchev–Trinajstić information content (AvgIpc) is 2.77. The van der Waals surface area contributed by atoms with Crippen LogP contribution in [0.3, 0.4) is 0 Å². The van der Waals surface area contributed by atoms with E-state index in [4.69, 9.17) is 19.2 Å². The third-order valence-corrected chi connectivity index (χ3v) is 4.35. The Kier molecular flexibility index (Phi) is 4.09. The molecule has 2 N–H and O–H groups in total. The summed E-state index contributed by atoms with van der Waals surface area (Å²) in [6.45, 7) is 2.91. The molecule has 0 fully saturated rings. The lowest BCUT2D eigenvalue weighted by Gasteiger charge is -2.11. The van der Waals surface area contributed by atoms with Crippen molar-refractivity contribution in [1.29, 1.82) is 0 Å². The number of nitrogens with zero attached hydrogens (tertiary/aromatic N) is 1. The minimum absolute atomic E-state index is 0.0843. The largest absolute Gasteiger partial charge is 0.497 e. The van der Waals surface area contributed by atoms with Crippen LogP contribution in [0.2, 0.25) is 0 Å². The molecule has 0 unspecified atom stereocenters. The fraction of sp³-hybridized carbons (Fsp3) is 0.231. The molecule has 0 spiro atoms. The number of ether oxygens (including phenoxy) is 1. The number of aromatic nitrogens is 1. The molecule has 1 heterocycles. The molecule has 2 aromatic rings. The van der Waals surface area contributed by atoms with E-state index >= 15 is 0 Å². The Morgan fingerprint density at radius 3 is 2.50 bits per heavy atom.